The first-order valence-corrected chi connectivity index (χ1v) is 9.83. The van der Waals surface area contributed by atoms with E-state index in [1.165, 1.54) is 25.7 Å². The summed E-state index contributed by atoms with van der Waals surface area (Å²) in [6.07, 6.45) is 7.39. The Kier molecular flexibility index (Phi) is 5.87. The number of carbonyl (C=O) groups is 1. The normalized spacial score (nSPS) is 33.1. The third-order valence-corrected chi connectivity index (χ3v) is 6.21. The second kappa shape index (κ2) is 7.94. The van der Waals surface area contributed by atoms with Crippen LogP contribution in [-0.2, 0) is 9.53 Å². The zero-order valence-electron chi connectivity index (χ0n) is 16.1. The van der Waals surface area contributed by atoms with Crippen LogP contribution in [0.5, 0.6) is 0 Å². The Morgan fingerprint density at radius 1 is 1.32 bits per heavy atom. The molecule has 1 saturated carbocycles. The summed E-state index contributed by atoms with van der Waals surface area (Å²) in [5, 5.41) is 3.71. The molecule has 3 rings (SSSR count). The average molecular weight is 351 g/mol. The smallest absolute Gasteiger partial charge is 0.243 e. The lowest BCUT2D eigenvalue weighted by Gasteiger charge is -2.34. The molecule has 6 nitrogen and oxygen atoms in total. The number of ether oxygens (including phenoxy) is 1. The first kappa shape index (κ1) is 18.5. The molecular weight excluding hydrogens is 316 g/mol. The molecule has 3 atom stereocenters. The third-order valence-electron chi connectivity index (χ3n) is 6.21. The topological polar surface area (TPSA) is 57.2 Å². The molecule has 0 aromatic heterocycles. The minimum Gasteiger partial charge on any atom is -0.381 e. The van der Waals surface area contributed by atoms with E-state index in [0.29, 0.717) is 17.4 Å². The molecule has 25 heavy (non-hydrogen) atoms. The fourth-order valence-electron chi connectivity index (χ4n) is 4.30. The molecule has 1 N–H and O–H groups in total. The Labute approximate surface area is 152 Å². The van der Waals surface area contributed by atoms with Crippen molar-refractivity contribution in [1.82, 2.24) is 15.1 Å². The highest BCUT2D eigenvalue weighted by Gasteiger charge is 2.42. The summed E-state index contributed by atoms with van der Waals surface area (Å²) in [6.45, 7) is 6.30. The van der Waals surface area contributed by atoms with Crippen LogP contribution >= 0.6 is 0 Å². The van der Waals surface area contributed by atoms with E-state index in [-0.39, 0.29) is 12.5 Å². The second-order valence-corrected chi connectivity index (χ2v) is 8.41. The molecule has 3 unspecified atom stereocenters. The number of likely N-dealkylation sites (N-methyl/N-ethyl adjacent to an activating group) is 1. The lowest BCUT2D eigenvalue weighted by Crippen LogP contribution is -2.49. The van der Waals surface area contributed by atoms with Gasteiger partial charge in [-0.1, -0.05) is 19.8 Å². The van der Waals surface area contributed by atoms with Gasteiger partial charge >= 0.3 is 0 Å². The number of carbonyl (C=O) groups excluding carboxylic acids is 1. The monoisotopic (exact) mass is 350 g/mol. The lowest BCUT2D eigenvalue weighted by atomic mass is 9.86. The highest BCUT2D eigenvalue weighted by molar-refractivity contribution is 5.85. The van der Waals surface area contributed by atoms with Gasteiger partial charge in [0.15, 0.2) is 5.96 Å². The SMILES string of the molecule is CC1CCCCC1NC(=NCC(=O)N(C)C)N1CCC2(CCOC2)C1. The first-order valence-electron chi connectivity index (χ1n) is 9.83. The molecule has 0 aromatic carbocycles. The van der Waals surface area contributed by atoms with Crippen molar-refractivity contribution in [3.63, 3.8) is 0 Å². The van der Waals surface area contributed by atoms with Gasteiger partial charge in [-0.2, -0.15) is 0 Å². The van der Waals surface area contributed by atoms with Gasteiger partial charge in [0.2, 0.25) is 5.91 Å². The summed E-state index contributed by atoms with van der Waals surface area (Å²) < 4.78 is 5.66. The first-order chi connectivity index (χ1) is 12.0. The van der Waals surface area contributed by atoms with Crippen LogP contribution in [0.25, 0.3) is 0 Å². The molecular formula is C19H34N4O2. The second-order valence-electron chi connectivity index (χ2n) is 8.41. The maximum absolute atomic E-state index is 12.0. The number of aliphatic imine (C=N–C) groups is 1. The molecule has 2 aliphatic heterocycles. The van der Waals surface area contributed by atoms with Gasteiger partial charge in [0.05, 0.1) is 6.61 Å². The highest BCUT2D eigenvalue weighted by atomic mass is 16.5. The summed E-state index contributed by atoms with van der Waals surface area (Å²) in [7, 11) is 3.57. The summed E-state index contributed by atoms with van der Waals surface area (Å²) in [5.74, 6) is 1.64. The standard InChI is InChI=1S/C19H34N4O2/c1-15-6-4-5-7-16(15)21-18(20-12-17(24)22(2)3)23-10-8-19(13-23)9-11-25-14-19/h15-16H,4-14H2,1-3H3,(H,20,21). The predicted octanol–water partition coefficient (Wildman–Crippen LogP) is 1.71. The molecule has 3 fully saturated rings. The minimum atomic E-state index is 0.0501. The summed E-state index contributed by atoms with van der Waals surface area (Å²) in [6, 6.07) is 0.471. The van der Waals surface area contributed by atoms with Crippen LogP contribution in [-0.4, -0.2) is 74.7 Å². The van der Waals surface area contributed by atoms with E-state index in [2.05, 4.69) is 17.1 Å². The third kappa shape index (κ3) is 4.46. The number of likely N-dealkylation sites (tertiary alicyclic amines) is 1. The minimum absolute atomic E-state index is 0.0501. The van der Waals surface area contributed by atoms with Crippen LogP contribution in [0.4, 0.5) is 0 Å². The van der Waals surface area contributed by atoms with E-state index in [4.69, 9.17) is 9.73 Å². The van der Waals surface area contributed by atoms with Crippen LogP contribution in [0.1, 0.15) is 45.4 Å². The summed E-state index contributed by atoms with van der Waals surface area (Å²) >= 11 is 0. The van der Waals surface area contributed by atoms with Crippen molar-refractivity contribution >= 4 is 11.9 Å². The Hall–Kier alpha value is -1.30. The number of hydrogen-bond acceptors (Lipinski definition) is 3. The van der Waals surface area contributed by atoms with Crippen molar-refractivity contribution in [3.05, 3.63) is 0 Å². The molecule has 0 radical (unpaired) electrons. The Morgan fingerprint density at radius 3 is 2.80 bits per heavy atom. The van der Waals surface area contributed by atoms with Crippen molar-refractivity contribution in [3.8, 4) is 0 Å². The summed E-state index contributed by atoms with van der Waals surface area (Å²) in [5.41, 5.74) is 0.298. The van der Waals surface area contributed by atoms with E-state index in [0.717, 1.165) is 45.1 Å². The number of nitrogens with zero attached hydrogens (tertiary/aromatic N) is 3. The summed E-state index contributed by atoms with van der Waals surface area (Å²) in [4.78, 5) is 20.7. The van der Waals surface area contributed by atoms with Gasteiger partial charge in [-0.3, -0.25) is 4.79 Å². The average Bonchev–Trinajstić information content (AvgIpc) is 3.23. The van der Waals surface area contributed by atoms with Crippen LogP contribution in [0, 0.1) is 11.3 Å². The maximum atomic E-state index is 12.0. The van der Waals surface area contributed by atoms with Gasteiger partial charge in [-0.25, -0.2) is 4.99 Å². The van der Waals surface area contributed by atoms with Crippen LogP contribution in [0.15, 0.2) is 4.99 Å². The zero-order valence-corrected chi connectivity index (χ0v) is 16.1. The maximum Gasteiger partial charge on any atom is 0.243 e. The van der Waals surface area contributed by atoms with Crippen molar-refractivity contribution in [2.45, 2.75) is 51.5 Å². The van der Waals surface area contributed by atoms with E-state index >= 15 is 0 Å². The lowest BCUT2D eigenvalue weighted by molar-refractivity contribution is -0.127. The van der Waals surface area contributed by atoms with Crippen LogP contribution in [0.2, 0.25) is 0 Å². The number of rotatable bonds is 3. The molecule has 2 saturated heterocycles. The van der Waals surface area contributed by atoms with Gasteiger partial charge in [0.25, 0.3) is 0 Å². The van der Waals surface area contributed by atoms with Crippen LogP contribution < -0.4 is 5.32 Å². The van der Waals surface area contributed by atoms with Gasteiger partial charge in [0, 0.05) is 45.2 Å². The van der Waals surface area contributed by atoms with E-state index in [1.54, 1.807) is 19.0 Å². The quantitative estimate of drug-likeness (QED) is 0.622. The molecule has 1 aliphatic carbocycles. The molecule has 142 valence electrons. The molecule has 1 amide bonds. The Morgan fingerprint density at radius 2 is 2.12 bits per heavy atom. The highest BCUT2D eigenvalue weighted by Crippen LogP contribution is 2.38. The predicted molar refractivity (Wildman–Crippen MR) is 99.6 cm³/mol. The fraction of sp³-hybridized carbons (Fsp3) is 0.895. The van der Waals surface area contributed by atoms with Crippen molar-refractivity contribution in [1.29, 1.82) is 0 Å². The van der Waals surface area contributed by atoms with E-state index < -0.39 is 0 Å². The molecule has 1 spiro atoms. The van der Waals surface area contributed by atoms with E-state index in [1.807, 2.05) is 0 Å². The van der Waals surface area contributed by atoms with E-state index in [9.17, 15) is 4.79 Å². The molecule has 2 heterocycles. The van der Waals surface area contributed by atoms with Gasteiger partial charge in [-0.05, 0) is 31.6 Å². The fourth-order valence-corrected chi connectivity index (χ4v) is 4.30. The molecule has 0 aromatic rings. The van der Waals surface area contributed by atoms with Crippen molar-refractivity contribution in [2.24, 2.45) is 16.3 Å². The largest absolute Gasteiger partial charge is 0.381 e. The van der Waals surface area contributed by atoms with Crippen molar-refractivity contribution < 1.29 is 9.53 Å². The number of amides is 1. The zero-order chi connectivity index (χ0) is 17.9. The Balaban J connectivity index is 1.69. The number of nitrogens with one attached hydrogen (secondary N) is 1. The van der Waals surface area contributed by atoms with Gasteiger partial charge in [0.1, 0.15) is 6.54 Å². The molecule has 6 heteroatoms. The van der Waals surface area contributed by atoms with Crippen molar-refractivity contribution in [2.75, 3.05) is 46.9 Å². The number of guanidine groups is 1. The van der Waals surface area contributed by atoms with Gasteiger partial charge in [-0.15, -0.1) is 0 Å². The van der Waals surface area contributed by atoms with Crippen LogP contribution in [0.3, 0.4) is 0 Å². The van der Waals surface area contributed by atoms with Gasteiger partial charge < -0.3 is 19.9 Å². The number of hydrogen-bond donors (Lipinski definition) is 1. The Bertz CT molecular complexity index is 500. The molecule has 3 aliphatic rings. The molecule has 0 bridgehead atoms.